The predicted molar refractivity (Wildman–Crippen MR) is 148 cm³/mol. The average Bonchev–Trinajstić information content (AvgIpc) is 3.21. The molecule has 0 bridgehead atoms. The van der Waals surface area contributed by atoms with Crippen LogP contribution in [0, 0.1) is 29.8 Å². The number of benzene rings is 3. The lowest BCUT2D eigenvalue weighted by molar-refractivity contribution is 0.0728. The third-order valence-corrected chi connectivity index (χ3v) is 9.00. The Hall–Kier alpha value is -2.82. The van der Waals surface area contributed by atoms with Gasteiger partial charge in [-0.05, 0) is 81.4 Å². The number of carbonyl (C=O) groups is 1. The molecule has 1 aliphatic heterocycles. The van der Waals surface area contributed by atoms with E-state index in [1.165, 1.54) is 42.5 Å². The van der Waals surface area contributed by atoms with Crippen molar-refractivity contribution in [2.24, 2.45) is 0 Å². The summed E-state index contributed by atoms with van der Waals surface area (Å²) in [5.74, 6) is 2.91. The van der Waals surface area contributed by atoms with Gasteiger partial charge in [-0.1, -0.05) is 54.5 Å². The van der Waals surface area contributed by atoms with Crippen molar-refractivity contribution in [3.8, 4) is 23.5 Å². The molecule has 35 heavy (non-hydrogen) atoms. The van der Waals surface area contributed by atoms with E-state index in [4.69, 9.17) is 11.2 Å². The molecule has 0 aromatic heterocycles. The summed E-state index contributed by atoms with van der Waals surface area (Å²) < 4.78 is 7.10. The zero-order chi connectivity index (χ0) is 24.5. The van der Waals surface area contributed by atoms with Crippen LogP contribution in [0.2, 0.25) is 0 Å². The molecule has 4 nitrogen and oxygen atoms in total. The Morgan fingerprint density at radius 2 is 1.60 bits per heavy atom. The molecule has 1 amide bonds. The highest BCUT2D eigenvalue weighted by molar-refractivity contribution is 14.1. The number of hydrogen-bond acceptors (Lipinski definition) is 3. The highest BCUT2D eigenvalue weighted by Gasteiger charge is 2.30. The van der Waals surface area contributed by atoms with Gasteiger partial charge in [0.25, 0.3) is 0 Å². The molecular formula is C30H29IN2O2. The first-order valence-corrected chi connectivity index (χ1v) is 13.1. The molecule has 1 heterocycles. The van der Waals surface area contributed by atoms with Gasteiger partial charge in [0.2, 0.25) is 0 Å². The van der Waals surface area contributed by atoms with E-state index in [2.05, 4.69) is 102 Å². The minimum absolute atomic E-state index is 0.0879. The standard InChI is InChI=1S/C30H29IN2O2/c1-4-22-17-23(21(3)29(31)20(22)2)18-32-13-15-33(16-14-32)30(34)35-19-28-26-11-7-5-9-24(26)25-10-6-8-12-27(25)28/h1,5-12,17,28H,13-16,18-19H2,2-3H3. The van der Waals surface area contributed by atoms with Crippen molar-refractivity contribution in [3.63, 3.8) is 0 Å². The van der Waals surface area contributed by atoms with Crippen molar-refractivity contribution in [2.45, 2.75) is 26.3 Å². The van der Waals surface area contributed by atoms with Gasteiger partial charge in [0, 0.05) is 47.8 Å². The van der Waals surface area contributed by atoms with Gasteiger partial charge in [0.15, 0.2) is 0 Å². The van der Waals surface area contributed by atoms with Crippen LogP contribution >= 0.6 is 22.6 Å². The molecule has 1 aliphatic carbocycles. The van der Waals surface area contributed by atoms with E-state index in [9.17, 15) is 4.79 Å². The van der Waals surface area contributed by atoms with Crippen molar-refractivity contribution >= 4 is 28.7 Å². The number of nitrogens with zero attached hydrogens (tertiary/aromatic N) is 2. The Labute approximate surface area is 221 Å². The molecule has 3 aromatic rings. The largest absolute Gasteiger partial charge is 0.448 e. The molecule has 5 rings (SSSR count). The minimum atomic E-state index is -0.220. The number of rotatable bonds is 4. The molecule has 0 atom stereocenters. The summed E-state index contributed by atoms with van der Waals surface area (Å²) in [5.41, 5.74) is 9.66. The highest BCUT2D eigenvalue weighted by atomic mass is 127. The quantitative estimate of drug-likeness (QED) is 0.284. The van der Waals surface area contributed by atoms with E-state index in [-0.39, 0.29) is 12.0 Å². The fourth-order valence-electron chi connectivity index (χ4n) is 5.26. The molecule has 0 saturated carbocycles. The summed E-state index contributed by atoms with van der Waals surface area (Å²) >= 11 is 2.39. The maximum Gasteiger partial charge on any atom is 0.409 e. The molecule has 5 heteroatoms. The zero-order valence-electron chi connectivity index (χ0n) is 20.2. The number of amides is 1. The molecule has 1 saturated heterocycles. The van der Waals surface area contributed by atoms with E-state index in [0.717, 1.165) is 25.2 Å². The monoisotopic (exact) mass is 576 g/mol. The summed E-state index contributed by atoms with van der Waals surface area (Å²) in [5, 5.41) is 0. The first-order chi connectivity index (χ1) is 17.0. The van der Waals surface area contributed by atoms with Crippen molar-refractivity contribution in [3.05, 3.63) is 91.5 Å². The van der Waals surface area contributed by atoms with Crippen LogP contribution in [-0.2, 0) is 11.3 Å². The van der Waals surface area contributed by atoms with Gasteiger partial charge in [-0.2, -0.15) is 0 Å². The number of carbonyl (C=O) groups excluding carboxylic acids is 1. The van der Waals surface area contributed by atoms with E-state index in [1.807, 2.05) is 4.90 Å². The van der Waals surface area contributed by atoms with E-state index >= 15 is 0 Å². The maximum atomic E-state index is 12.9. The molecule has 0 radical (unpaired) electrons. The molecule has 1 fully saturated rings. The molecular weight excluding hydrogens is 547 g/mol. The number of ether oxygens (including phenoxy) is 1. The second-order valence-corrected chi connectivity index (χ2v) is 10.4. The van der Waals surface area contributed by atoms with Gasteiger partial charge in [-0.15, -0.1) is 6.42 Å². The maximum absolute atomic E-state index is 12.9. The normalized spacial score (nSPS) is 15.4. The lowest BCUT2D eigenvalue weighted by Crippen LogP contribution is -2.48. The topological polar surface area (TPSA) is 32.8 Å². The predicted octanol–water partition coefficient (Wildman–Crippen LogP) is 5.96. The van der Waals surface area contributed by atoms with Gasteiger partial charge in [0.1, 0.15) is 6.61 Å². The first-order valence-electron chi connectivity index (χ1n) is 12.1. The number of piperazine rings is 1. The Bertz CT molecular complexity index is 1270. The smallest absolute Gasteiger partial charge is 0.409 e. The SMILES string of the molecule is C#Cc1cc(CN2CCN(C(=O)OCC3c4ccccc4-c4ccccc43)CC2)c(C)c(I)c1C. The molecule has 0 unspecified atom stereocenters. The first kappa shape index (κ1) is 23.9. The van der Waals surface area contributed by atoms with Gasteiger partial charge in [0.05, 0.1) is 0 Å². The molecule has 0 N–H and O–H groups in total. The van der Waals surface area contributed by atoms with Crippen LogP contribution in [0.4, 0.5) is 4.79 Å². The lowest BCUT2D eigenvalue weighted by atomic mass is 9.98. The van der Waals surface area contributed by atoms with Crippen molar-refractivity contribution in [1.29, 1.82) is 0 Å². The second-order valence-electron chi connectivity index (χ2n) is 9.36. The van der Waals surface area contributed by atoms with Gasteiger partial charge in [-0.3, -0.25) is 4.90 Å². The van der Waals surface area contributed by atoms with E-state index in [1.54, 1.807) is 0 Å². The van der Waals surface area contributed by atoms with Gasteiger partial charge in [-0.25, -0.2) is 4.79 Å². The van der Waals surface area contributed by atoms with Crippen LogP contribution in [0.25, 0.3) is 11.1 Å². The minimum Gasteiger partial charge on any atom is -0.448 e. The third kappa shape index (κ3) is 4.57. The van der Waals surface area contributed by atoms with Crippen LogP contribution < -0.4 is 0 Å². The number of terminal acetylenes is 1. The molecule has 178 valence electrons. The van der Waals surface area contributed by atoms with Crippen LogP contribution in [0.1, 0.15) is 39.3 Å². The molecule has 3 aromatic carbocycles. The number of fused-ring (bicyclic) bond motifs is 3. The van der Waals surface area contributed by atoms with Crippen LogP contribution in [0.3, 0.4) is 0 Å². The average molecular weight is 576 g/mol. The fraction of sp³-hybridized carbons (Fsp3) is 0.300. The number of halogens is 1. The summed E-state index contributed by atoms with van der Waals surface area (Å²) in [4.78, 5) is 17.2. The van der Waals surface area contributed by atoms with Crippen molar-refractivity contribution < 1.29 is 9.53 Å². The Morgan fingerprint density at radius 3 is 2.20 bits per heavy atom. The lowest BCUT2D eigenvalue weighted by Gasteiger charge is -2.34. The Morgan fingerprint density at radius 1 is 1.00 bits per heavy atom. The molecule has 0 spiro atoms. The summed E-state index contributed by atoms with van der Waals surface area (Å²) in [6.07, 6.45) is 5.50. The van der Waals surface area contributed by atoms with Gasteiger partial charge < -0.3 is 9.64 Å². The highest BCUT2D eigenvalue weighted by Crippen LogP contribution is 2.44. The molecule has 2 aliphatic rings. The number of hydrogen-bond donors (Lipinski definition) is 0. The Kier molecular flexibility index (Phi) is 6.86. The van der Waals surface area contributed by atoms with Gasteiger partial charge >= 0.3 is 6.09 Å². The van der Waals surface area contributed by atoms with E-state index < -0.39 is 0 Å². The summed E-state index contributed by atoms with van der Waals surface area (Å²) in [6, 6.07) is 19.0. The third-order valence-electron chi connectivity index (χ3n) is 7.38. The van der Waals surface area contributed by atoms with Crippen LogP contribution in [0.15, 0.2) is 54.6 Å². The summed E-state index contributed by atoms with van der Waals surface area (Å²) in [7, 11) is 0. The second kappa shape index (κ2) is 10.0. The van der Waals surface area contributed by atoms with Crippen molar-refractivity contribution in [2.75, 3.05) is 32.8 Å². The summed E-state index contributed by atoms with van der Waals surface area (Å²) in [6.45, 7) is 8.43. The zero-order valence-corrected chi connectivity index (χ0v) is 22.3. The van der Waals surface area contributed by atoms with Crippen molar-refractivity contribution in [1.82, 2.24) is 9.80 Å². The van der Waals surface area contributed by atoms with Crippen LogP contribution in [0.5, 0.6) is 0 Å². The van der Waals surface area contributed by atoms with E-state index in [0.29, 0.717) is 19.7 Å². The Balaban J connectivity index is 1.19. The fourth-order valence-corrected chi connectivity index (χ4v) is 5.90. The van der Waals surface area contributed by atoms with Crippen LogP contribution in [-0.4, -0.2) is 48.7 Å².